The summed E-state index contributed by atoms with van der Waals surface area (Å²) in [5.41, 5.74) is 3.17. The van der Waals surface area contributed by atoms with Gasteiger partial charge >= 0.3 is 0 Å². The maximum Gasteiger partial charge on any atom is 0.163 e. The zero-order chi connectivity index (χ0) is 18.6. The Morgan fingerprint density at radius 2 is 1.78 bits per heavy atom. The molecule has 1 aromatic heterocycles. The van der Waals surface area contributed by atoms with E-state index in [1.165, 1.54) is 6.33 Å². The highest BCUT2D eigenvalue weighted by Crippen LogP contribution is 2.36. The fourth-order valence-electron chi connectivity index (χ4n) is 3.03. The van der Waals surface area contributed by atoms with E-state index in [4.69, 9.17) is 4.99 Å². The first-order chi connectivity index (χ1) is 13.3. The van der Waals surface area contributed by atoms with E-state index in [1.807, 2.05) is 54.6 Å². The van der Waals surface area contributed by atoms with E-state index in [2.05, 4.69) is 22.2 Å². The van der Waals surface area contributed by atoms with Crippen LogP contribution in [0.1, 0.15) is 30.9 Å². The second-order valence-corrected chi connectivity index (χ2v) is 7.61. The van der Waals surface area contributed by atoms with Crippen molar-refractivity contribution in [3.8, 4) is 0 Å². The molecule has 1 atom stereocenters. The molecule has 0 spiro atoms. The third-order valence-electron chi connectivity index (χ3n) is 4.40. The van der Waals surface area contributed by atoms with Crippen LogP contribution in [0, 0.1) is 0 Å². The van der Waals surface area contributed by atoms with Gasteiger partial charge in [-0.3, -0.25) is 0 Å². The molecule has 3 aromatic rings. The van der Waals surface area contributed by atoms with Crippen molar-refractivity contribution in [3.63, 3.8) is 0 Å². The molecule has 0 bridgehead atoms. The summed E-state index contributed by atoms with van der Waals surface area (Å²) in [5.74, 6) is 0.628. The summed E-state index contributed by atoms with van der Waals surface area (Å²) in [6, 6.07) is 17.6. The topological polar surface area (TPSA) is 67.2 Å². The van der Waals surface area contributed by atoms with E-state index in [9.17, 15) is 4.21 Å². The van der Waals surface area contributed by atoms with Crippen LogP contribution in [0.4, 0.5) is 11.5 Å². The molecule has 6 heteroatoms. The van der Waals surface area contributed by atoms with E-state index in [-0.39, 0.29) is 0 Å². The molecule has 0 saturated heterocycles. The molecule has 5 nitrogen and oxygen atoms in total. The van der Waals surface area contributed by atoms with Crippen molar-refractivity contribution in [1.29, 1.82) is 0 Å². The minimum atomic E-state index is -1.43. The molecule has 4 rings (SSSR count). The molecule has 2 heterocycles. The predicted octanol–water partition coefficient (Wildman–Crippen LogP) is 4.34. The lowest BCUT2D eigenvalue weighted by molar-refractivity contribution is 0.680. The third-order valence-corrected chi connectivity index (χ3v) is 5.81. The lowest BCUT2D eigenvalue weighted by Crippen LogP contribution is -2.06. The van der Waals surface area contributed by atoms with E-state index in [0.29, 0.717) is 16.5 Å². The Bertz CT molecular complexity index is 1020. The van der Waals surface area contributed by atoms with Gasteiger partial charge in [-0.15, -0.1) is 0 Å². The zero-order valence-electron chi connectivity index (χ0n) is 15.1. The van der Waals surface area contributed by atoms with Crippen molar-refractivity contribution in [3.05, 3.63) is 72.1 Å². The van der Waals surface area contributed by atoms with Crippen molar-refractivity contribution < 1.29 is 4.21 Å². The average molecular weight is 376 g/mol. The molecule has 1 unspecified atom stereocenters. The summed E-state index contributed by atoms with van der Waals surface area (Å²) in [7, 11) is -1.43. The SMILES string of the molecule is CCCCNc1ncnc2c1N=C(c1ccccc1)c1ccccc1S2=O. The first-order valence-electron chi connectivity index (χ1n) is 9.03. The number of anilines is 1. The zero-order valence-corrected chi connectivity index (χ0v) is 15.9. The molecule has 27 heavy (non-hydrogen) atoms. The van der Waals surface area contributed by atoms with Crippen LogP contribution in [0.3, 0.4) is 0 Å². The molecule has 0 amide bonds. The smallest absolute Gasteiger partial charge is 0.163 e. The molecule has 0 aliphatic carbocycles. The second kappa shape index (κ2) is 7.80. The van der Waals surface area contributed by atoms with Gasteiger partial charge in [-0.2, -0.15) is 0 Å². The number of fused-ring (bicyclic) bond motifs is 2. The molecule has 136 valence electrons. The van der Waals surface area contributed by atoms with Gasteiger partial charge in [0.2, 0.25) is 0 Å². The van der Waals surface area contributed by atoms with Gasteiger partial charge in [0.1, 0.15) is 22.8 Å². The summed E-state index contributed by atoms with van der Waals surface area (Å²) in [6.45, 7) is 2.93. The van der Waals surface area contributed by atoms with Crippen LogP contribution in [0.5, 0.6) is 0 Å². The summed E-state index contributed by atoms with van der Waals surface area (Å²) in [4.78, 5) is 14.3. The largest absolute Gasteiger partial charge is 0.368 e. The van der Waals surface area contributed by atoms with Crippen LogP contribution in [0.15, 0.2) is 75.8 Å². The molecule has 1 aliphatic rings. The van der Waals surface area contributed by atoms with Crippen molar-refractivity contribution in [1.82, 2.24) is 9.97 Å². The molecular formula is C21H20N4OS. The normalized spacial score (nSPS) is 15.3. The Kier molecular flexibility index (Phi) is 5.07. The Hall–Kier alpha value is -2.86. The molecular weight excluding hydrogens is 356 g/mol. The summed E-state index contributed by atoms with van der Waals surface area (Å²) in [5, 5.41) is 3.77. The van der Waals surface area contributed by atoms with Crippen LogP contribution in [-0.2, 0) is 10.8 Å². The lowest BCUT2D eigenvalue weighted by atomic mass is 10.0. The molecule has 1 aliphatic heterocycles. The third kappa shape index (κ3) is 3.40. The predicted molar refractivity (Wildman–Crippen MR) is 108 cm³/mol. The number of aliphatic imine (C=N–C) groups is 1. The van der Waals surface area contributed by atoms with E-state index >= 15 is 0 Å². The maximum atomic E-state index is 13.3. The number of nitrogens with one attached hydrogen (secondary N) is 1. The molecule has 0 fully saturated rings. The average Bonchev–Trinajstić information content (AvgIpc) is 2.85. The molecule has 0 saturated carbocycles. The quantitative estimate of drug-likeness (QED) is 0.416. The van der Waals surface area contributed by atoms with Crippen LogP contribution < -0.4 is 5.32 Å². The van der Waals surface area contributed by atoms with Crippen molar-refractivity contribution in [2.75, 3.05) is 11.9 Å². The van der Waals surface area contributed by atoms with Gasteiger partial charge in [-0.1, -0.05) is 61.9 Å². The van der Waals surface area contributed by atoms with Gasteiger partial charge < -0.3 is 5.32 Å². The number of benzene rings is 2. The highest BCUT2D eigenvalue weighted by atomic mass is 32.2. The fourth-order valence-corrected chi connectivity index (χ4v) is 4.26. The van der Waals surface area contributed by atoms with Gasteiger partial charge in [-0.25, -0.2) is 19.2 Å². The van der Waals surface area contributed by atoms with Gasteiger partial charge in [0.25, 0.3) is 0 Å². The summed E-state index contributed by atoms with van der Waals surface area (Å²) < 4.78 is 13.3. The van der Waals surface area contributed by atoms with Crippen LogP contribution in [-0.4, -0.2) is 26.4 Å². The maximum absolute atomic E-state index is 13.3. The fraction of sp³-hybridized carbons (Fsp3) is 0.190. The van der Waals surface area contributed by atoms with Crippen LogP contribution in [0.2, 0.25) is 0 Å². The highest BCUT2D eigenvalue weighted by molar-refractivity contribution is 7.85. The summed E-state index contributed by atoms with van der Waals surface area (Å²) >= 11 is 0. The first-order valence-corrected chi connectivity index (χ1v) is 10.2. The minimum absolute atomic E-state index is 0.447. The first kappa shape index (κ1) is 17.5. The highest BCUT2D eigenvalue weighted by Gasteiger charge is 2.26. The van der Waals surface area contributed by atoms with Crippen molar-refractivity contribution in [2.24, 2.45) is 4.99 Å². The van der Waals surface area contributed by atoms with Crippen molar-refractivity contribution in [2.45, 2.75) is 29.7 Å². The number of unbranched alkanes of at least 4 members (excludes halogenated alkanes) is 1. The van der Waals surface area contributed by atoms with Gasteiger partial charge in [0.15, 0.2) is 10.8 Å². The number of hydrogen-bond acceptors (Lipinski definition) is 5. The number of nitrogens with zero attached hydrogens (tertiary/aromatic N) is 3. The lowest BCUT2D eigenvalue weighted by Gasteiger charge is -2.10. The second-order valence-electron chi connectivity index (χ2n) is 6.25. The Labute approximate surface area is 161 Å². The number of rotatable bonds is 5. The number of hydrogen-bond donors (Lipinski definition) is 1. The van der Waals surface area contributed by atoms with Gasteiger partial charge in [0, 0.05) is 17.7 Å². The number of aromatic nitrogens is 2. The molecule has 1 N–H and O–H groups in total. The van der Waals surface area contributed by atoms with Crippen molar-refractivity contribution >= 4 is 28.0 Å². The minimum Gasteiger partial charge on any atom is -0.368 e. The summed E-state index contributed by atoms with van der Waals surface area (Å²) in [6.07, 6.45) is 3.56. The standard InChI is InChI=1S/C21H20N4OS/c1-2-3-13-22-20-19-21(24-14-23-20)27(26)17-12-8-7-11-16(17)18(25-19)15-9-5-4-6-10-15/h4-12,14H,2-3,13H2,1H3,(H,22,23,24). The monoisotopic (exact) mass is 376 g/mol. The van der Waals surface area contributed by atoms with E-state index < -0.39 is 10.8 Å². The Balaban J connectivity index is 1.94. The van der Waals surface area contributed by atoms with Gasteiger partial charge in [0.05, 0.1) is 10.6 Å². The van der Waals surface area contributed by atoms with E-state index in [1.54, 1.807) is 0 Å². The van der Waals surface area contributed by atoms with E-state index in [0.717, 1.165) is 41.1 Å². The molecule has 0 radical (unpaired) electrons. The van der Waals surface area contributed by atoms with Gasteiger partial charge in [-0.05, 0) is 12.5 Å². The van der Waals surface area contributed by atoms with Crippen LogP contribution >= 0.6 is 0 Å². The van der Waals surface area contributed by atoms with Crippen LogP contribution in [0.25, 0.3) is 0 Å². The molecule has 2 aromatic carbocycles. The Morgan fingerprint density at radius 1 is 1.00 bits per heavy atom. The Morgan fingerprint density at radius 3 is 2.59 bits per heavy atom.